The second-order valence-corrected chi connectivity index (χ2v) is 5.02. The summed E-state index contributed by atoms with van der Waals surface area (Å²) < 4.78 is 0. The van der Waals surface area contributed by atoms with Crippen molar-refractivity contribution in [2.75, 3.05) is 5.73 Å². The molecule has 0 spiro atoms. The molecule has 1 aromatic heterocycles. The van der Waals surface area contributed by atoms with Crippen LogP contribution in [0.5, 0.6) is 0 Å². The number of carbonyl (C=O) groups is 1. The fourth-order valence-electron chi connectivity index (χ4n) is 2.33. The van der Waals surface area contributed by atoms with Crippen LogP contribution in [0.4, 0.5) is 5.69 Å². The van der Waals surface area contributed by atoms with Gasteiger partial charge in [0.2, 0.25) is 0 Å². The van der Waals surface area contributed by atoms with E-state index in [4.69, 9.17) is 17.3 Å². The number of nitrogens with two attached hydrogens (primary N) is 1. The standard InChI is InChI=1S/C16H11ClN2O2/c17-10-6-7-12-11(8-10)13(9-4-2-1-3-5-9)14(18)15(19-12)16(20)21/h1-8H,18H2,(H,20,21). The Balaban J connectivity index is 2.46. The van der Waals surface area contributed by atoms with E-state index in [1.807, 2.05) is 30.3 Å². The number of aromatic carboxylic acids is 1. The van der Waals surface area contributed by atoms with E-state index in [-0.39, 0.29) is 11.4 Å². The van der Waals surface area contributed by atoms with E-state index in [9.17, 15) is 9.90 Å². The van der Waals surface area contributed by atoms with Crippen LogP contribution in [-0.4, -0.2) is 16.1 Å². The van der Waals surface area contributed by atoms with Gasteiger partial charge in [0.05, 0.1) is 11.2 Å². The van der Waals surface area contributed by atoms with Gasteiger partial charge in [-0.1, -0.05) is 41.9 Å². The number of halogens is 1. The van der Waals surface area contributed by atoms with Crippen molar-refractivity contribution in [2.24, 2.45) is 0 Å². The fraction of sp³-hybridized carbons (Fsp3) is 0. The number of carboxylic acid groups (broad SMARTS) is 1. The molecule has 0 fully saturated rings. The van der Waals surface area contributed by atoms with Crippen LogP contribution < -0.4 is 5.73 Å². The third-order valence-electron chi connectivity index (χ3n) is 3.25. The van der Waals surface area contributed by atoms with Crippen LogP contribution >= 0.6 is 11.6 Å². The first-order valence-corrected chi connectivity index (χ1v) is 6.63. The van der Waals surface area contributed by atoms with Gasteiger partial charge in [0, 0.05) is 16.0 Å². The van der Waals surface area contributed by atoms with E-state index in [1.54, 1.807) is 18.2 Å². The lowest BCUT2D eigenvalue weighted by Gasteiger charge is -2.12. The van der Waals surface area contributed by atoms with Crippen LogP contribution in [0.15, 0.2) is 48.5 Å². The maximum atomic E-state index is 11.3. The number of aromatic nitrogens is 1. The summed E-state index contributed by atoms with van der Waals surface area (Å²) in [6, 6.07) is 14.5. The van der Waals surface area contributed by atoms with Crippen molar-refractivity contribution in [3.63, 3.8) is 0 Å². The molecule has 0 unspecified atom stereocenters. The number of hydrogen-bond acceptors (Lipinski definition) is 3. The van der Waals surface area contributed by atoms with Gasteiger partial charge in [-0.2, -0.15) is 0 Å². The summed E-state index contributed by atoms with van der Waals surface area (Å²) in [4.78, 5) is 15.5. The van der Waals surface area contributed by atoms with Gasteiger partial charge in [-0.15, -0.1) is 0 Å². The number of hydrogen-bond donors (Lipinski definition) is 2. The van der Waals surface area contributed by atoms with Crippen LogP contribution in [-0.2, 0) is 0 Å². The molecule has 2 aromatic carbocycles. The predicted molar refractivity (Wildman–Crippen MR) is 83.6 cm³/mol. The van der Waals surface area contributed by atoms with Gasteiger partial charge < -0.3 is 10.8 Å². The van der Waals surface area contributed by atoms with Crippen LogP contribution in [0.1, 0.15) is 10.5 Å². The van der Waals surface area contributed by atoms with Crippen molar-refractivity contribution in [3.8, 4) is 11.1 Å². The number of nitrogen functional groups attached to an aromatic ring is 1. The molecule has 0 radical (unpaired) electrons. The van der Waals surface area contributed by atoms with Crippen molar-refractivity contribution >= 4 is 34.2 Å². The monoisotopic (exact) mass is 298 g/mol. The Kier molecular flexibility index (Phi) is 3.23. The molecule has 5 heteroatoms. The summed E-state index contributed by atoms with van der Waals surface area (Å²) in [6.45, 7) is 0. The predicted octanol–water partition coefficient (Wildman–Crippen LogP) is 3.84. The largest absolute Gasteiger partial charge is 0.476 e. The van der Waals surface area contributed by atoms with E-state index in [0.717, 1.165) is 10.9 Å². The Morgan fingerprint density at radius 2 is 1.86 bits per heavy atom. The van der Waals surface area contributed by atoms with E-state index >= 15 is 0 Å². The molecule has 4 nitrogen and oxygen atoms in total. The summed E-state index contributed by atoms with van der Waals surface area (Å²) in [5.41, 5.74) is 8.05. The Hall–Kier alpha value is -2.59. The smallest absolute Gasteiger partial charge is 0.356 e. The number of carboxylic acids is 1. The van der Waals surface area contributed by atoms with Crippen molar-refractivity contribution in [1.29, 1.82) is 0 Å². The lowest BCUT2D eigenvalue weighted by molar-refractivity contribution is 0.0692. The van der Waals surface area contributed by atoms with E-state index in [2.05, 4.69) is 4.98 Å². The highest BCUT2D eigenvalue weighted by molar-refractivity contribution is 6.31. The number of rotatable bonds is 2. The normalized spacial score (nSPS) is 10.7. The fourth-order valence-corrected chi connectivity index (χ4v) is 2.50. The van der Waals surface area contributed by atoms with Crippen LogP contribution in [0.2, 0.25) is 5.02 Å². The number of anilines is 1. The molecule has 1 heterocycles. The van der Waals surface area contributed by atoms with Crippen molar-refractivity contribution < 1.29 is 9.90 Å². The van der Waals surface area contributed by atoms with E-state index < -0.39 is 5.97 Å². The molecular formula is C16H11ClN2O2. The van der Waals surface area contributed by atoms with Crippen LogP contribution in [0, 0.1) is 0 Å². The van der Waals surface area contributed by atoms with Gasteiger partial charge in [0.25, 0.3) is 0 Å². The van der Waals surface area contributed by atoms with Crippen molar-refractivity contribution in [1.82, 2.24) is 4.98 Å². The molecule has 21 heavy (non-hydrogen) atoms. The molecular weight excluding hydrogens is 288 g/mol. The van der Waals surface area contributed by atoms with Crippen LogP contribution in [0.3, 0.4) is 0 Å². The minimum absolute atomic E-state index is 0.142. The topological polar surface area (TPSA) is 76.2 Å². The molecule has 3 rings (SSSR count). The second-order valence-electron chi connectivity index (χ2n) is 4.58. The Morgan fingerprint density at radius 1 is 1.14 bits per heavy atom. The zero-order chi connectivity index (χ0) is 15.0. The van der Waals surface area contributed by atoms with E-state index in [0.29, 0.717) is 16.1 Å². The highest BCUT2D eigenvalue weighted by Crippen LogP contribution is 2.36. The van der Waals surface area contributed by atoms with Gasteiger partial charge in [-0.25, -0.2) is 9.78 Å². The zero-order valence-corrected chi connectivity index (χ0v) is 11.6. The molecule has 0 aliphatic rings. The van der Waals surface area contributed by atoms with E-state index in [1.165, 1.54) is 0 Å². The quantitative estimate of drug-likeness (QED) is 0.753. The highest BCUT2D eigenvalue weighted by Gasteiger charge is 2.18. The first-order chi connectivity index (χ1) is 10.1. The Labute approximate surface area is 125 Å². The van der Waals surface area contributed by atoms with Gasteiger partial charge in [-0.3, -0.25) is 0 Å². The molecule has 104 valence electrons. The second kappa shape index (κ2) is 5.07. The van der Waals surface area contributed by atoms with Gasteiger partial charge >= 0.3 is 5.97 Å². The lowest BCUT2D eigenvalue weighted by atomic mass is 9.98. The lowest BCUT2D eigenvalue weighted by Crippen LogP contribution is -2.08. The summed E-state index contributed by atoms with van der Waals surface area (Å²) in [7, 11) is 0. The van der Waals surface area contributed by atoms with Gasteiger partial charge in [-0.05, 0) is 23.8 Å². The third kappa shape index (κ3) is 2.30. The SMILES string of the molecule is Nc1c(C(=O)O)nc2ccc(Cl)cc2c1-c1ccccc1. The molecule has 3 aromatic rings. The first kappa shape index (κ1) is 13.4. The summed E-state index contributed by atoms with van der Waals surface area (Å²) >= 11 is 6.05. The minimum Gasteiger partial charge on any atom is -0.476 e. The molecule has 0 saturated heterocycles. The summed E-state index contributed by atoms with van der Waals surface area (Å²) in [5, 5.41) is 10.6. The van der Waals surface area contributed by atoms with Crippen molar-refractivity contribution in [2.45, 2.75) is 0 Å². The highest BCUT2D eigenvalue weighted by atomic mass is 35.5. The number of fused-ring (bicyclic) bond motifs is 1. The number of nitrogens with zero attached hydrogens (tertiary/aromatic N) is 1. The number of benzene rings is 2. The average Bonchev–Trinajstić information content (AvgIpc) is 2.47. The molecule has 0 amide bonds. The molecule has 0 bridgehead atoms. The van der Waals surface area contributed by atoms with Crippen LogP contribution in [0.25, 0.3) is 22.0 Å². The summed E-state index contributed by atoms with van der Waals surface area (Å²) in [5.74, 6) is -1.15. The van der Waals surface area contributed by atoms with Gasteiger partial charge in [0.1, 0.15) is 0 Å². The van der Waals surface area contributed by atoms with Crippen molar-refractivity contribution in [3.05, 3.63) is 59.2 Å². The first-order valence-electron chi connectivity index (χ1n) is 6.25. The molecule has 0 saturated carbocycles. The maximum absolute atomic E-state index is 11.3. The zero-order valence-electron chi connectivity index (χ0n) is 10.9. The molecule has 0 atom stereocenters. The Bertz CT molecular complexity index is 848. The van der Waals surface area contributed by atoms with Gasteiger partial charge in [0.15, 0.2) is 5.69 Å². The number of pyridine rings is 1. The molecule has 3 N–H and O–H groups in total. The average molecular weight is 299 g/mol. The maximum Gasteiger partial charge on any atom is 0.356 e. The Morgan fingerprint density at radius 3 is 2.52 bits per heavy atom. The molecule has 0 aliphatic carbocycles. The molecule has 0 aliphatic heterocycles. The summed E-state index contributed by atoms with van der Waals surface area (Å²) in [6.07, 6.45) is 0. The third-order valence-corrected chi connectivity index (χ3v) is 3.48. The minimum atomic E-state index is -1.15.